The van der Waals surface area contributed by atoms with E-state index in [9.17, 15) is 19.2 Å². The van der Waals surface area contributed by atoms with E-state index >= 15 is 0 Å². The van der Waals surface area contributed by atoms with Crippen LogP contribution < -0.4 is 16.0 Å². The summed E-state index contributed by atoms with van der Waals surface area (Å²) in [5, 5.41) is 7.44. The molecule has 1 fully saturated rings. The summed E-state index contributed by atoms with van der Waals surface area (Å²) in [5.74, 6) is -1.24. The van der Waals surface area contributed by atoms with Crippen LogP contribution in [0.4, 0.5) is 5.69 Å². The number of benzene rings is 1. The number of nitrogens with one attached hydrogen (secondary N) is 3. The molecular weight excluding hydrogens is 286 g/mol. The molecule has 7 heteroatoms. The van der Waals surface area contributed by atoms with E-state index in [0.717, 1.165) is 5.56 Å². The first kappa shape index (κ1) is 15.7. The van der Waals surface area contributed by atoms with Crippen LogP contribution in [0.1, 0.15) is 25.3 Å². The van der Waals surface area contributed by atoms with Crippen LogP contribution in [0.15, 0.2) is 24.3 Å². The first-order chi connectivity index (χ1) is 10.4. The highest BCUT2D eigenvalue weighted by molar-refractivity contribution is 6.01. The largest absolute Gasteiger partial charge is 0.344 e. The molecule has 1 atom stereocenters. The Kier molecular flexibility index (Phi) is 4.88. The van der Waals surface area contributed by atoms with Crippen molar-refractivity contribution in [2.75, 3.05) is 5.32 Å². The zero-order chi connectivity index (χ0) is 16.1. The van der Waals surface area contributed by atoms with E-state index < -0.39 is 11.9 Å². The summed E-state index contributed by atoms with van der Waals surface area (Å²) in [4.78, 5) is 45.4. The molecule has 0 bridgehead atoms. The summed E-state index contributed by atoms with van der Waals surface area (Å²) in [6.07, 6.45) is 0.665. The molecule has 0 aromatic heterocycles. The zero-order valence-corrected chi connectivity index (χ0v) is 12.1. The monoisotopic (exact) mass is 303 g/mol. The van der Waals surface area contributed by atoms with Crippen molar-refractivity contribution in [2.45, 2.75) is 32.2 Å². The lowest BCUT2D eigenvalue weighted by Gasteiger charge is -2.21. The highest BCUT2D eigenvalue weighted by Crippen LogP contribution is 2.10. The summed E-state index contributed by atoms with van der Waals surface area (Å²) in [6.45, 7) is 1.42. The summed E-state index contributed by atoms with van der Waals surface area (Å²) in [7, 11) is 0. The van der Waals surface area contributed by atoms with Crippen molar-refractivity contribution < 1.29 is 19.2 Å². The lowest BCUT2D eigenvalue weighted by Crippen LogP contribution is -2.52. The molecule has 4 amide bonds. The van der Waals surface area contributed by atoms with Gasteiger partial charge in [-0.3, -0.25) is 24.5 Å². The van der Waals surface area contributed by atoms with E-state index in [2.05, 4.69) is 16.0 Å². The molecule has 1 saturated heterocycles. The van der Waals surface area contributed by atoms with Gasteiger partial charge in [0.1, 0.15) is 6.04 Å². The molecule has 1 aromatic carbocycles. The van der Waals surface area contributed by atoms with Crippen LogP contribution in [0.2, 0.25) is 0 Å². The van der Waals surface area contributed by atoms with Gasteiger partial charge in [0.2, 0.25) is 23.6 Å². The third kappa shape index (κ3) is 4.41. The molecule has 1 aliphatic heterocycles. The number of rotatable bonds is 4. The lowest BCUT2D eigenvalue weighted by molar-refractivity contribution is -0.137. The fourth-order valence-electron chi connectivity index (χ4n) is 2.17. The van der Waals surface area contributed by atoms with Crippen molar-refractivity contribution in [1.82, 2.24) is 10.6 Å². The predicted molar refractivity (Wildman–Crippen MR) is 78.8 cm³/mol. The second-order valence-corrected chi connectivity index (χ2v) is 5.13. The number of piperidine rings is 1. The fourth-order valence-corrected chi connectivity index (χ4v) is 2.17. The van der Waals surface area contributed by atoms with E-state index in [-0.39, 0.29) is 30.6 Å². The number of carbonyl (C=O) groups excluding carboxylic acids is 4. The minimum Gasteiger partial charge on any atom is -0.344 e. The van der Waals surface area contributed by atoms with Gasteiger partial charge in [0.15, 0.2) is 0 Å². The maximum Gasteiger partial charge on any atom is 0.249 e. The van der Waals surface area contributed by atoms with Gasteiger partial charge in [0.25, 0.3) is 0 Å². The molecule has 1 unspecified atom stereocenters. The number of carbonyl (C=O) groups is 4. The first-order valence-electron chi connectivity index (χ1n) is 6.93. The quantitative estimate of drug-likeness (QED) is 0.687. The normalized spacial score (nSPS) is 17.6. The van der Waals surface area contributed by atoms with Gasteiger partial charge in [-0.25, -0.2) is 0 Å². The highest BCUT2D eigenvalue weighted by Gasteiger charge is 2.27. The molecular formula is C15H17N3O4. The van der Waals surface area contributed by atoms with Crippen molar-refractivity contribution >= 4 is 29.3 Å². The Balaban J connectivity index is 1.87. The molecule has 116 valence electrons. The Bertz CT molecular complexity index is 610. The van der Waals surface area contributed by atoms with Crippen LogP contribution in [0, 0.1) is 0 Å². The maximum absolute atomic E-state index is 11.9. The first-order valence-corrected chi connectivity index (χ1v) is 6.93. The molecule has 1 aromatic rings. The van der Waals surface area contributed by atoms with Gasteiger partial charge in [-0.05, 0) is 24.1 Å². The molecule has 0 radical (unpaired) electrons. The number of anilines is 1. The van der Waals surface area contributed by atoms with Crippen LogP contribution in [0.3, 0.4) is 0 Å². The minimum absolute atomic E-state index is 0.123. The summed E-state index contributed by atoms with van der Waals surface area (Å²) >= 11 is 0. The number of hydrogen-bond acceptors (Lipinski definition) is 4. The third-order valence-electron chi connectivity index (χ3n) is 3.21. The van der Waals surface area contributed by atoms with E-state index in [1.807, 2.05) is 0 Å². The molecule has 0 saturated carbocycles. The van der Waals surface area contributed by atoms with Gasteiger partial charge in [0, 0.05) is 19.0 Å². The molecule has 0 spiro atoms. The highest BCUT2D eigenvalue weighted by atomic mass is 16.2. The molecule has 1 heterocycles. The van der Waals surface area contributed by atoms with Crippen LogP contribution in [-0.2, 0) is 25.6 Å². The lowest BCUT2D eigenvalue weighted by atomic mass is 10.1. The number of amides is 4. The number of imide groups is 1. The molecule has 1 aliphatic rings. The van der Waals surface area contributed by atoms with Gasteiger partial charge >= 0.3 is 0 Å². The molecule has 0 aliphatic carbocycles. The van der Waals surface area contributed by atoms with Crippen LogP contribution in [0.5, 0.6) is 0 Å². The van der Waals surface area contributed by atoms with Crippen molar-refractivity contribution in [1.29, 1.82) is 0 Å². The maximum atomic E-state index is 11.9. The van der Waals surface area contributed by atoms with Crippen LogP contribution in [-0.4, -0.2) is 29.7 Å². The van der Waals surface area contributed by atoms with E-state index in [1.165, 1.54) is 6.92 Å². The second kappa shape index (κ2) is 6.84. The topological polar surface area (TPSA) is 104 Å². The van der Waals surface area contributed by atoms with E-state index in [0.29, 0.717) is 12.1 Å². The number of hydrogen-bond donors (Lipinski definition) is 3. The van der Waals surface area contributed by atoms with Crippen molar-refractivity contribution in [3.05, 3.63) is 29.8 Å². The van der Waals surface area contributed by atoms with Gasteiger partial charge in [-0.2, -0.15) is 0 Å². The Labute approximate surface area is 127 Å². The smallest absolute Gasteiger partial charge is 0.249 e. The molecule has 22 heavy (non-hydrogen) atoms. The van der Waals surface area contributed by atoms with Crippen LogP contribution >= 0.6 is 0 Å². The molecule has 2 rings (SSSR count). The van der Waals surface area contributed by atoms with Gasteiger partial charge < -0.3 is 10.6 Å². The van der Waals surface area contributed by atoms with Crippen molar-refractivity contribution in [3.8, 4) is 0 Å². The second-order valence-electron chi connectivity index (χ2n) is 5.13. The average Bonchev–Trinajstić information content (AvgIpc) is 2.43. The Morgan fingerprint density at radius 1 is 1.23 bits per heavy atom. The summed E-state index contributed by atoms with van der Waals surface area (Å²) < 4.78 is 0. The van der Waals surface area contributed by atoms with Gasteiger partial charge in [-0.1, -0.05) is 12.1 Å². The molecule has 7 nitrogen and oxygen atoms in total. The van der Waals surface area contributed by atoms with E-state index in [1.54, 1.807) is 24.3 Å². The van der Waals surface area contributed by atoms with Crippen molar-refractivity contribution in [3.63, 3.8) is 0 Å². The Hall–Kier alpha value is -2.70. The fraction of sp³-hybridized carbons (Fsp3) is 0.333. The molecule has 3 N–H and O–H groups in total. The predicted octanol–water partition coefficient (Wildman–Crippen LogP) is 0.109. The summed E-state index contributed by atoms with van der Waals surface area (Å²) in [5.41, 5.74) is 1.42. The SMILES string of the molecule is CC(=O)Nc1ccc(CC(=O)NC2CCC(=O)NC2=O)cc1. The van der Waals surface area contributed by atoms with E-state index in [4.69, 9.17) is 0 Å². The zero-order valence-electron chi connectivity index (χ0n) is 12.1. The standard InChI is InChI=1S/C15H17N3O4/c1-9(19)16-11-4-2-10(3-5-11)8-14(21)17-12-6-7-13(20)18-15(12)22/h2-5,12H,6-8H2,1H3,(H,16,19)(H,17,21)(H,18,20,22). The van der Waals surface area contributed by atoms with Crippen molar-refractivity contribution in [2.24, 2.45) is 0 Å². The summed E-state index contributed by atoms with van der Waals surface area (Å²) in [6, 6.07) is 6.21. The Morgan fingerprint density at radius 3 is 2.50 bits per heavy atom. The minimum atomic E-state index is -0.663. The van der Waals surface area contributed by atoms with Crippen LogP contribution in [0.25, 0.3) is 0 Å². The van der Waals surface area contributed by atoms with Gasteiger partial charge in [0.05, 0.1) is 6.42 Å². The third-order valence-corrected chi connectivity index (χ3v) is 3.21. The van der Waals surface area contributed by atoms with Gasteiger partial charge in [-0.15, -0.1) is 0 Å². The Morgan fingerprint density at radius 2 is 1.91 bits per heavy atom. The average molecular weight is 303 g/mol.